The molecule has 0 amide bonds. The summed E-state index contributed by atoms with van der Waals surface area (Å²) >= 11 is 0. The highest BCUT2D eigenvalue weighted by atomic mass is 16.6. The van der Waals surface area contributed by atoms with E-state index >= 15 is 0 Å². The van der Waals surface area contributed by atoms with Gasteiger partial charge in [0.2, 0.25) is 0 Å². The van der Waals surface area contributed by atoms with E-state index < -0.39 is 46.2 Å². The Balaban J connectivity index is 1.93. The Morgan fingerprint density at radius 1 is 1.11 bits per heavy atom. The topological polar surface area (TPSA) is 97.4 Å². The van der Waals surface area contributed by atoms with Gasteiger partial charge in [-0.05, 0) is 46.5 Å². The van der Waals surface area contributed by atoms with Crippen LogP contribution in [0.5, 0.6) is 0 Å². The Morgan fingerprint density at radius 3 is 2.31 bits per heavy atom. The smallest absolute Gasteiger partial charge is 0.308 e. The van der Waals surface area contributed by atoms with Gasteiger partial charge in [0.1, 0.15) is 17.8 Å². The van der Waals surface area contributed by atoms with Crippen LogP contribution < -0.4 is 0 Å². The Kier molecular flexibility index (Phi) is 6.87. The summed E-state index contributed by atoms with van der Waals surface area (Å²) < 4.78 is 31.1. The molecule has 0 radical (unpaired) electrons. The van der Waals surface area contributed by atoms with Crippen molar-refractivity contribution in [2.24, 2.45) is 16.7 Å². The van der Waals surface area contributed by atoms with E-state index in [1.807, 2.05) is 6.92 Å². The van der Waals surface area contributed by atoms with Crippen molar-refractivity contribution >= 4 is 17.9 Å². The number of esters is 3. The Bertz CT molecular complexity index is 959. The molecular weight excluding hydrogens is 464 g/mol. The zero-order valence-corrected chi connectivity index (χ0v) is 23.0. The second-order valence-corrected chi connectivity index (χ2v) is 12.0. The standard InChI is InChI=1S/C28H42O8/c1-9-17(3)33-20-11-10-16(2)26(7)22(20)25(6)12-13-28(14-21(31)32-15-28)36-27(25,8)24(35-19(5)30)23(26)34-18(4)29/h10,17,20,22-24H,9,11-15H2,1-8H3/t17?,20-,22-,23+,24+,25+,26+,27-,28-/m1/s1. The molecule has 36 heavy (non-hydrogen) atoms. The molecule has 8 heteroatoms. The summed E-state index contributed by atoms with van der Waals surface area (Å²) in [5, 5.41) is 0. The van der Waals surface area contributed by atoms with Crippen LogP contribution in [-0.4, -0.2) is 60.1 Å². The van der Waals surface area contributed by atoms with E-state index in [1.165, 1.54) is 13.8 Å². The maximum absolute atomic E-state index is 12.5. The monoisotopic (exact) mass is 506 g/mol. The van der Waals surface area contributed by atoms with Gasteiger partial charge in [-0.15, -0.1) is 0 Å². The van der Waals surface area contributed by atoms with Crippen molar-refractivity contribution in [3.8, 4) is 0 Å². The minimum Gasteiger partial charge on any atom is -0.463 e. The molecule has 9 atom stereocenters. The zero-order chi connectivity index (χ0) is 26.7. The minimum atomic E-state index is -1.07. The summed E-state index contributed by atoms with van der Waals surface area (Å²) in [6.45, 7) is 15.4. The number of fused-ring (bicyclic) bond motifs is 3. The third kappa shape index (κ3) is 3.99. The van der Waals surface area contributed by atoms with Crippen molar-refractivity contribution < 1.29 is 38.1 Å². The number of rotatable bonds is 5. The SMILES string of the molecule is CCC(C)O[C@@H]1CC=C(C)[C@]2(C)[C@@H](OC(C)=O)[C@H](OC(C)=O)[C@@]3(C)O[C@@]4(CC[C@@]3(C)[C@@H]12)COC(=O)C4. The molecule has 2 aliphatic carbocycles. The lowest BCUT2D eigenvalue weighted by molar-refractivity contribution is -0.352. The molecule has 0 aromatic carbocycles. The fourth-order valence-electron chi connectivity index (χ4n) is 7.61. The lowest BCUT2D eigenvalue weighted by Gasteiger charge is -2.70. The quantitative estimate of drug-likeness (QED) is 0.310. The molecule has 4 aliphatic rings. The molecule has 1 unspecified atom stereocenters. The van der Waals surface area contributed by atoms with E-state index in [0.717, 1.165) is 24.8 Å². The molecule has 1 saturated carbocycles. The van der Waals surface area contributed by atoms with Gasteiger partial charge < -0.3 is 23.7 Å². The van der Waals surface area contributed by atoms with Crippen LogP contribution >= 0.6 is 0 Å². The number of ether oxygens (including phenoxy) is 5. The van der Waals surface area contributed by atoms with Crippen molar-refractivity contribution in [1.82, 2.24) is 0 Å². The van der Waals surface area contributed by atoms with Crippen LogP contribution in [0, 0.1) is 16.7 Å². The van der Waals surface area contributed by atoms with E-state index in [-0.39, 0.29) is 37.1 Å². The van der Waals surface area contributed by atoms with Gasteiger partial charge in [0.25, 0.3) is 0 Å². The van der Waals surface area contributed by atoms with Gasteiger partial charge in [-0.25, -0.2) is 0 Å². The number of hydrogen-bond donors (Lipinski definition) is 0. The number of carbonyl (C=O) groups excluding carboxylic acids is 3. The fourth-order valence-corrected chi connectivity index (χ4v) is 7.61. The average Bonchev–Trinajstić information content (AvgIpc) is 3.14. The summed E-state index contributed by atoms with van der Waals surface area (Å²) in [6.07, 6.45) is 3.52. The van der Waals surface area contributed by atoms with E-state index in [1.54, 1.807) is 0 Å². The first-order valence-electron chi connectivity index (χ1n) is 13.3. The number of carbonyl (C=O) groups is 3. The first-order valence-corrected chi connectivity index (χ1v) is 13.3. The predicted molar refractivity (Wildman–Crippen MR) is 131 cm³/mol. The summed E-state index contributed by atoms with van der Waals surface area (Å²) in [7, 11) is 0. The van der Waals surface area contributed by atoms with Crippen LogP contribution in [0.25, 0.3) is 0 Å². The second-order valence-electron chi connectivity index (χ2n) is 12.0. The molecule has 0 aromatic rings. The largest absolute Gasteiger partial charge is 0.463 e. The molecule has 2 aliphatic heterocycles. The van der Waals surface area contributed by atoms with Gasteiger partial charge in [0, 0.05) is 30.6 Å². The van der Waals surface area contributed by atoms with Crippen LogP contribution in [0.3, 0.4) is 0 Å². The molecule has 2 saturated heterocycles. The third-order valence-corrected chi connectivity index (χ3v) is 9.81. The first kappa shape index (κ1) is 27.1. The predicted octanol–water partition coefficient (Wildman–Crippen LogP) is 4.28. The molecular formula is C28H42O8. The highest BCUT2D eigenvalue weighted by molar-refractivity contribution is 5.73. The normalized spacial score (nSPS) is 44.7. The van der Waals surface area contributed by atoms with Crippen LogP contribution in [0.4, 0.5) is 0 Å². The molecule has 4 rings (SSSR count). The van der Waals surface area contributed by atoms with Gasteiger partial charge in [-0.2, -0.15) is 0 Å². The molecule has 202 valence electrons. The van der Waals surface area contributed by atoms with Gasteiger partial charge in [-0.1, -0.05) is 32.4 Å². The summed E-state index contributed by atoms with van der Waals surface area (Å²) in [4.78, 5) is 37.2. The third-order valence-electron chi connectivity index (χ3n) is 9.81. The molecule has 0 aromatic heterocycles. The van der Waals surface area contributed by atoms with Gasteiger partial charge >= 0.3 is 17.9 Å². The first-order chi connectivity index (χ1) is 16.7. The number of cyclic esters (lactones) is 1. The van der Waals surface area contributed by atoms with Crippen LogP contribution in [0.1, 0.15) is 87.5 Å². The Morgan fingerprint density at radius 2 is 1.75 bits per heavy atom. The minimum absolute atomic E-state index is 0.0518. The summed E-state index contributed by atoms with van der Waals surface area (Å²) in [6, 6.07) is 0. The summed E-state index contributed by atoms with van der Waals surface area (Å²) in [5.74, 6) is -1.32. The molecule has 8 nitrogen and oxygen atoms in total. The van der Waals surface area contributed by atoms with Crippen LogP contribution in [0.15, 0.2) is 11.6 Å². The van der Waals surface area contributed by atoms with Crippen molar-refractivity contribution in [1.29, 1.82) is 0 Å². The summed E-state index contributed by atoms with van der Waals surface area (Å²) in [5.41, 5.74) is -1.97. The van der Waals surface area contributed by atoms with Crippen LogP contribution in [-0.2, 0) is 38.1 Å². The van der Waals surface area contributed by atoms with E-state index in [9.17, 15) is 14.4 Å². The van der Waals surface area contributed by atoms with Crippen molar-refractivity contribution in [3.05, 3.63) is 11.6 Å². The maximum atomic E-state index is 12.5. The fraction of sp³-hybridized carbons (Fsp3) is 0.821. The lowest BCUT2D eigenvalue weighted by atomic mass is 9.41. The van der Waals surface area contributed by atoms with E-state index in [2.05, 4.69) is 40.7 Å². The zero-order valence-electron chi connectivity index (χ0n) is 23.0. The van der Waals surface area contributed by atoms with Crippen molar-refractivity contribution in [3.63, 3.8) is 0 Å². The highest BCUT2D eigenvalue weighted by Crippen LogP contribution is 2.68. The van der Waals surface area contributed by atoms with Crippen molar-refractivity contribution in [2.45, 2.75) is 123 Å². The number of hydrogen-bond acceptors (Lipinski definition) is 8. The van der Waals surface area contributed by atoms with Crippen LogP contribution in [0.2, 0.25) is 0 Å². The van der Waals surface area contributed by atoms with E-state index in [0.29, 0.717) is 6.42 Å². The maximum Gasteiger partial charge on any atom is 0.308 e. The van der Waals surface area contributed by atoms with Gasteiger partial charge in [-0.3, -0.25) is 14.4 Å². The van der Waals surface area contributed by atoms with Crippen molar-refractivity contribution in [2.75, 3.05) is 6.61 Å². The molecule has 2 heterocycles. The second kappa shape index (κ2) is 9.12. The Labute approximate surface area is 214 Å². The van der Waals surface area contributed by atoms with Gasteiger partial charge in [0.05, 0.1) is 18.6 Å². The average molecular weight is 507 g/mol. The molecule has 0 N–H and O–H groups in total. The molecule has 3 fully saturated rings. The lowest BCUT2D eigenvalue weighted by Crippen LogP contribution is -2.78. The Hall–Kier alpha value is -1.93. The molecule has 0 bridgehead atoms. The highest BCUT2D eigenvalue weighted by Gasteiger charge is 2.75. The van der Waals surface area contributed by atoms with E-state index in [4.69, 9.17) is 23.7 Å². The van der Waals surface area contributed by atoms with Gasteiger partial charge in [0.15, 0.2) is 12.2 Å². The molecule has 1 spiro atoms.